The van der Waals surface area contributed by atoms with Crippen LogP contribution in [0.2, 0.25) is 0 Å². The molecular formula is C23H42O4. The van der Waals surface area contributed by atoms with Gasteiger partial charge in [-0.2, -0.15) is 0 Å². The molecule has 0 atom stereocenters. The van der Waals surface area contributed by atoms with Crippen LogP contribution in [0.25, 0.3) is 0 Å². The van der Waals surface area contributed by atoms with E-state index in [4.69, 9.17) is 9.47 Å². The highest BCUT2D eigenvalue weighted by molar-refractivity contribution is 5.91. The van der Waals surface area contributed by atoms with Crippen molar-refractivity contribution in [1.82, 2.24) is 0 Å². The Labute approximate surface area is 167 Å². The van der Waals surface area contributed by atoms with E-state index in [1.807, 2.05) is 0 Å². The summed E-state index contributed by atoms with van der Waals surface area (Å²) in [4.78, 5) is 23.0. The number of unbranched alkanes of at least 4 members (excludes halogenated alkanes) is 13. The Kier molecular flexibility index (Phi) is 20.0. The van der Waals surface area contributed by atoms with E-state index < -0.39 is 11.9 Å². The van der Waals surface area contributed by atoms with Gasteiger partial charge in [0, 0.05) is 12.2 Å². The largest absolute Gasteiger partial charge is 0.463 e. The second-order valence-corrected chi connectivity index (χ2v) is 7.26. The average Bonchev–Trinajstić information content (AvgIpc) is 2.67. The lowest BCUT2D eigenvalue weighted by Gasteiger charge is -2.03. The van der Waals surface area contributed by atoms with Crippen molar-refractivity contribution < 1.29 is 19.1 Å². The summed E-state index contributed by atoms with van der Waals surface area (Å²) in [6.07, 6.45) is 20.5. The lowest BCUT2D eigenvalue weighted by Crippen LogP contribution is -2.06. The molecule has 0 fully saturated rings. The Morgan fingerprint density at radius 2 is 0.815 bits per heavy atom. The summed E-state index contributed by atoms with van der Waals surface area (Å²) in [7, 11) is 0. The highest BCUT2D eigenvalue weighted by atomic mass is 16.5. The Balaban J connectivity index is 3.39. The first kappa shape index (κ1) is 25.7. The quantitative estimate of drug-likeness (QED) is 0.145. The molecule has 4 heteroatoms. The zero-order valence-corrected chi connectivity index (χ0v) is 17.8. The average molecular weight is 383 g/mol. The molecule has 0 aromatic heterocycles. The molecule has 0 bridgehead atoms. The molecular weight excluding hydrogens is 340 g/mol. The summed E-state index contributed by atoms with van der Waals surface area (Å²) in [6.45, 7) is 5.22. The van der Waals surface area contributed by atoms with E-state index in [2.05, 4.69) is 13.8 Å². The number of carbonyl (C=O) groups is 2. The number of rotatable bonds is 19. The van der Waals surface area contributed by atoms with Crippen LogP contribution in [0, 0.1) is 0 Å². The van der Waals surface area contributed by atoms with Crippen LogP contribution in [0.3, 0.4) is 0 Å². The molecule has 0 rings (SSSR count). The molecule has 0 saturated carbocycles. The first-order chi connectivity index (χ1) is 13.2. The van der Waals surface area contributed by atoms with Crippen molar-refractivity contribution in [1.29, 1.82) is 0 Å². The van der Waals surface area contributed by atoms with Gasteiger partial charge in [0.15, 0.2) is 0 Å². The van der Waals surface area contributed by atoms with E-state index in [1.54, 1.807) is 0 Å². The van der Waals surface area contributed by atoms with Crippen LogP contribution in [0.15, 0.2) is 12.2 Å². The first-order valence-corrected chi connectivity index (χ1v) is 11.2. The van der Waals surface area contributed by atoms with Crippen molar-refractivity contribution in [3.63, 3.8) is 0 Å². The minimum Gasteiger partial charge on any atom is -0.463 e. The maximum atomic E-state index is 11.5. The third kappa shape index (κ3) is 20.8. The monoisotopic (exact) mass is 382 g/mol. The molecule has 158 valence electrons. The Hall–Kier alpha value is -1.32. The zero-order chi connectivity index (χ0) is 20.0. The number of esters is 2. The smallest absolute Gasteiger partial charge is 0.331 e. The standard InChI is InChI=1S/C23H42O4/c1-3-5-7-9-10-11-12-13-14-15-17-21-27-23(25)19-18-22(24)26-20-16-8-6-4-2/h18-19H,3-17,20-21H2,1-2H3/b19-18+. The minimum absolute atomic E-state index is 0.414. The van der Waals surface area contributed by atoms with Gasteiger partial charge in [0.1, 0.15) is 0 Å². The molecule has 0 saturated heterocycles. The SMILES string of the molecule is CCCCCCCCCCCCCOC(=O)/C=C/C(=O)OCCCCCC. The van der Waals surface area contributed by atoms with E-state index in [0.29, 0.717) is 13.2 Å². The van der Waals surface area contributed by atoms with Crippen LogP contribution in [-0.4, -0.2) is 25.2 Å². The summed E-state index contributed by atoms with van der Waals surface area (Å²) < 4.78 is 10.1. The van der Waals surface area contributed by atoms with Crippen molar-refractivity contribution in [2.75, 3.05) is 13.2 Å². The molecule has 0 heterocycles. The van der Waals surface area contributed by atoms with E-state index in [9.17, 15) is 9.59 Å². The van der Waals surface area contributed by atoms with Gasteiger partial charge in [-0.25, -0.2) is 9.59 Å². The van der Waals surface area contributed by atoms with Gasteiger partial charge in [-0.05, 0) is 12.8 Å². The second kappa shape index (κ2) is 21.0. The molecule has 0 aliphatic heterocycles. The highest BCUT2D eigenvalue weighted by Crippen LogP contribution is 2.11. The van der Waals surface area contributed by atoms with E-state index in [1.165, 1.54) is 57.8 Å². The van der Waals surface area contributed by atoms with E-state index in [0.717, 1.165) is 50.7 Å². The predicted molar refractivity (Wildman–Crippen MR) is 112 cm³/mol. The number of carbonyl (C=O) groups excluding carboxylic acids is 2. The van der Waals surface area contributed by atoms with Gasteiger partial charge in [0.05, 0.1) is 13.2 Å². The molecule has 0 N–H and O–H groups in total. The molecule has 4 nitrogen and oxygen atoms in total. The van der Waals surface area contributed by atoms with Gasteiger partial charge in [0.2, 0.25) is 0 Å². The topological polar surface area (TPSA) is 52.6 Å². The van der Waals surface area contributed by atoms with Crippen LogP contribution in [0.1, 0.15) is 110 Å². The molecule has 0 aliphatic rings. The van der Waals surface area contributed by atoms with Gasteiger partial charge < -0.3 is 9.47 Å². The number of hydrogen-bond acceptors (Lipinski definition) is 4. The van der Waals surface area contributed by atoms with Gasteiger partial charge in [0.25, 0.3) is 0 Å². The third-order valence-electron chi connectivity index (χ3n) is 4.59. The van der Waals surface area contributed by atoms with Crippen molar-refractivity contribution in [3.8, 4) is 0 Å². The third-order valence-corrected chi connectivity index (χ3v) is 4.59. The van der Waals surface area contributed by atoms with Crippen LogP contribution in [0.5, 0.6) is 0 Å². The molecule has 0 amide bonds. The lowest BCUT2D eigenvalue weighted by atomic mass is 10.1. The van der Waals surface area contributed by atoms with E-state index >= 15 is 0 Å². The summed E-state index contributed by atoms with van der Waals surface area (Å²) in [5.41, 5.74) is 0. The van der Waals surface area contributed by atoms with Crippen LogP contribution < -0.4 is 0 Å². The van der Waals surface area contributed by atoms with Crippen molar-refractivity contribution in [2.45, 2.75) is 110 Å². The summed E-state index contributed by atoms with van der Waals surface area (Å²) >= 11 is 0. The Bertz CT molecular complexity index is 377. The van der Waals surface area contributed by atoms with Gasteiger partial charge >= 0.3 is 11.9 Å². The molecule has 0 aromatic carbocycles. The maximum absolute atomic E-state index is 11.5. The number of ether oxygens (including phenoxy) is 2. The fourth-order valence-electron chi connectivity index (χ4n) is 2.87. The Morgan fingerprint density at radius 3 is 1.19 bits per heavy atom. The number of hydrogen-bond donors (Lipinski definition) is 0. The summed E-state index contributed by atoms with van der Waals surface area (Å²) in [5.74, 6) is -0.942. The van der Waals surface area contributed by atoms with Gasteiger partial charge in [-0.3, -0.25) is 0 Å². The fourth-order valence-corrected chi connectivity index (χ4v) is 2.87. The molecule has 0 aromatic rings. The maximum Gasteiger partial charge on any atom is 0.331 e. The predicted octanol–water partition coefficient (Wildman–Crippen LogP) is 6.52. The van der Waals surface area contributed by atoms with Crippen LogP contribution in [-0.2, 0) is 19.1 Å². The second-order valence-electron chi connectivity index (χ2n) is 7.26. The highest BCUT2D eigenvalue weighted by Gasteiger charge is 2.01. The van der Waals surface area contributed by atoms with Crippen molar-refractivity contribution in [3.05, 3.63) is 12.2 Å². The molecule has 0 unspecified atom stereocenters. The molecule has 0 spiro atoms. The van der Waals surface area contributed by atoms with Gasteiger partial charge in [-0.1, -0.05) is 97.3 Å². The fraction of sp³-hybridized carbons (Fsp3) is 0.826. The molecule has 0 radical (unpaired) electrons. The lowest BCUT2D eigenvalue weighted by molar-refractivity contribution is -0.140. The van der Waals surface area contributed by atoms with E-state index in [-0.39, 0.29) is 0 Å². The summed E-state index contributed by atoms with van der Waals surface area (Å²) in [6, 6.07) is 0. The Morgan fingerprint density at radius 1 is 0.519 bits per heavy atom. The van der Waals surface area contributed by atoms with Crippen LogP contribution in [0.4, 0.5) is 0 Å². The molecule has 27 heavy (non-hydrogen) atoms. The zero-order valence-electron chi connectivity index (χ0n) is 17.8. The minimum atomic E-state index is -0.474. The molecule has 0 aliphatic carbocycles. The first-order valence-electron chi connectivity index (χ1n) is 11.2. The normalized spacial score (nSPS) is 11.0. The van der Waals surface area contributed by atoms with Gasteiger partial charge in [-0.15, -0.1) is 0 Å². The van der Waals surface area contributed by atoms with Crippen molar-refractivity contribution >= 4 is 11.9 Å². The van der Waals surface area contributed by atoms with Crippen molar-refractivity contribution in [2.24, 2.45) is 0 Å². The summed E-state index contributed by atoms with van der Waals surface area (Å²) in [5, 5.41) is 0. The van der Waals surface area contributed by atoms with Crippen LogP contribution >= 0.6 is 0 Å².